The van der Waals surface area contributed by atoms with Crippen molar-refractivity contribution < 1.29 is 0 Å². The predicted molar refractivity (Wildman–Crippen MR) is 76.7 cm³/mol. The minimum atomic E-state index is 0.700. The topological polar surface area (TPSA) is 15.3 Å². The van der Waals surface area contributed by atoms with Crippen LogP contribution in [0.5, 0.6) is 0 Å². The Labute approximate surface area is 106 Å². The number of nitrogens with one attached hydrogen (secondary N) is 1. The van der Waals surface area contributed by atoms with Crippen LogP contribution in [0.25, 0.3) is 0 Å². The van der Waals surface area contributed by atoms with Crippen molar-refractivity contribution in [1.29, 1.82) is 0 Å². The average Bonchev–Trinajstić information content (AvgIpc) is 2.27. The predicted octanol–water partition coefficient (Wildman–Crippen LogP) is 3.20. The number of rotatable bonds is 6. The van der Waals surface area contributed by atoms with Gasteiger partial charge in [0.05, 0.1) is 0 Å². The highest BCUT2D eigenvalue weighted by molar-refractivity contribution is 5.54. The van der Waals surface area contributed by atoms with E-state index >= 15 is 0 Å². The fourth-order valence-electron chi connectivity index (χ4n) is 2.23. The van der Waals surface area contributed by atoms with Gasteiger partial charge in [0.15, 0.2) is 0 Å². The van der Waals surface area contributed by atoms with Crippen molar-refractivity contribution in [3.05, 3.63) is 29.3 Å². The van der Waals surface area contributed by atoms with Crippen molar-refractivity contribution in [2.24, 2.45) is 5.92 Å². The average molecular weight is 234 g/mol. The third kappa shape index (κ3) is 4.04. The molecule has 0 radical (unpaired) electrons. The van der Waals surface area contributed by atoms with Crippen molar-refractivity contribution in [3.63, 3.8) is 0 Å². The molecule has 0 amide bonds. The molecule has 1 aromatic rings. The zero-order chi connectivity index (χ0) is 12.8. The summed E-state index contributed by atoms with van der Waals surface area (Å²) >= 11 is 0. The van der Waals surface area contributed by atoms with Crippen molar-refractivity contribution in [3.8, 4) is 0 Å². The van der Waals surface area contributed by atoms with Crippen LogP contribution in [0.4, 0.5) is 5.69 Å². The third-order valence-electron chi connectivity index (χ3n) is 2.95. The molecule has 0 fully saturated rings. The zero-order valence-corrected chi connectivity index (χ0v) is 11.9. The second-order valence-corrected chi connectivity index (χ2v) is 5.08. The van der Waals surface area contributed by atoms with E-state index in [0.29, 0.717) is 5.92 Å². The number of aryl methyl sites for hydroxylation is 1. The number of hydrogen-bond acceptors (Lipinski definition) is 2. The molecule has 0 saturated carbocycles. The minimum Gasteiger partial charge on any atom is -0.371 e. The first kappa shape index (κ1) is 14.0. The lowest BCUT2D eigenvalue weighted by atomic mass is 10.1. The molecule has 0 heterocycles. The van der Waals surface area contributed by atoms with Gasteiger partial charge in [-0.3, -0.25) is 0 Å². The molecular weight excluding hydrogens is 208 g/mol. The van der Waals surface area contributed by atoms with E-state index in [1.165, 1.54) is 16.8 Å². The summed E-state index contributed by atoms with van der Waals surface area (Å²) in [6.07, 6.45) is 0. The Bertz CT molecular complexity index is 345. The van der Waals surface area contributed by atoms with Gasteiger partial charge in [-0.05, 0) is 44.0 Å². The summed E-state index contributed by atoms with van der Waals surface area (Å²) in [6, 6.07) is 6.77. The molecule has 0 spiro atoms. The van der Waals surface area contributed by atoms with Gasteiger partial charge in [0, 0.05) is 25.3 Å². The smallest absolute Gasteiger partial charge is 0.0396 e. The van der Waals surface area contributed by atoms with Gasteiger partial charge in [-0.2, -0.15) is 0 Å². The first-order valence-corrected chi connectivity index (χ1v) is 6.57. The molecule has 1 N–H and O–H groups in total. The van der Waals surface area contributed by atoms with Crippen LogP contribution in [0.1, 0.15) is 31.9 Å². The highest BCUT2D eigenvalue weighted by atomic mass is 15.1. The Kier molecular flexibility index (Phi) is 5.49. The second kappa shape index (κ2) is 6.65. The first-order chi connectivity index (χ1) is 8.08. The van der Waals surface area contributed by atoms with Gasteiger partial charge in [-0.1, -0.05) is 26.0 Å². The summed E-state index contributed by atoms with van der Waals surface area (Å²) < 4.78 is 0. The van der Waals surface area contributed by atoms with E-state index in [9.17, 15) is 0 Å². The Balaban J connectivity index is 2.88. The van der Waals surface area contributed by atoms with Gasteiger partial charge in [-0.15, -0.1) is 0 Å². The Morgan fingerprint density at radius 3 is 2.47 bits per heavy atom. The van der Waals surface area contributed by atoms with Crippen LogP contribution in [0.15, 0.2) is 18.2 Å². The van der Waals surface area contributed by atoms with Crippen molar-refractivity contribution in [2.75, 3.05) is 25.0 Å². The lowest BCUT2D eigenvalue weighted by Crippen LogP contribution is -2.27. The van der Waals surface area contributed by atoms with Crippen LogP contribution in [0.3, 0.4) is 0 Å². The fourth-order valence-corrected chi connectivity index (χ4v) is 2.23. The largest absolute Gasteiger partial charge is 0.371 e. The molecule has 2 nitrogen and oxygen atoms in total. The van der Waals surface area contributed by atoms with E-state index in [-0.39, 0.29) is 0 Å². The van der Waals surface area contributed by atoms with Gasteiger partial charge in [-0.25, -0.2) is 0 Å². The molecule has 1 aromatic carbocycles. The van der Waals surface area contributed by atoms with Crippen molar-refractivity contribution >= 4 is 5.69 Å². The summed E-state index contributed by atoms with van der Waals surface area (Å²) in [5, 5.41) is 3.19. The standard InChI is InChI=1S/C15H26N2/c1-6-17(11-12(2)3)15-8-7-14(10-16-5)9-13(15)4/h7-9,12,16H,6,10-11H2,1-5H3. The summed E-state index contributed by atoms with van der Waals surface area (Å²) in [6.45, 7) is 12.1. The van der Waals surface area contributed by atoms with Gasteiger partial charge >= 0.3 is 0 Å². The molecule has 17 heavy (non-hydrogen) atoms. The minimum absolute atomic E-state index is 0.700. The normalized spacial score (nSPS) is 10.9. The number of anilines is 1. The third-order valence-corrected chi connectivity index (χ3v) is 2.95. The van der Waals surface area contributed by atoms with E-state index in [0.717, 1.165) is 19.6 Å². The van der Waals surface area contributed by atoms with Gasteiger partial charge in [0.25, 0.3) is 0 Å². The molecule has 0 atom stereocenters. The van der Waals surface area contributed by atoms with Crippen LogP contribution in [0.2, 0.25) is 0 Å². The molecule has 0 saturated heterocycles. The number of hydrogen-bond donors (Lipinski definition) is 1. The highest BCUT2D eigenvalue weighted by Gasteiger charge is 2.09. The maximum atomic E-state index is 3.19. The summed E-state index contributed by atoms with van der Waals surface area (Å²) in [5.74, 6) is 0.700. The monoisotopic (exact) mass is 234 g/mol. The molecule has 0 aliphatic carbocycles. The summed E-state index contributed by atoms with van der Waals surface area (Å²) in [7, 11) is 1.99. The lowest BCUT2D eigenvalue weighted by Gasteiger charge is -2.27. The van der Waals surface area contributed by atoms with Crippen LogP contribution in [0, 0.1) is 12.8 Å². The molecule has 1 rings (SSSR count). The molecular formula is C15H26N2. The Morgan fingerprint density at radius 2 is 2.00 bits per heavy atom. The summed E-state index contributed by atoms with van der Waals surface area (Å²) in [4.78, 5) is 2.46. The maximum absolute atomic E-state index is 3.19. The molecule has 2 heteroatoms. The molecule has 0 aliphatic rings. The Morgan fingerprint density at radius 1 is 1.29 bits per heavy atom. The Hall–Kier alpha value is -1.02. The number of nitrogens with zero attached hydrogens (tertiary/aromatic N) is 1. The van der Waals surface area contributed by atoms with Crippen molar-refractivity contribution in [1.82, 2.24) is 5.32 Å². The lowest BCUT2D eigenvalue weighted by molar-refractivity contribution is 0.618. The highest BCUT2D eigenvalue weighted by Crippen LogP contribution is 2.22. The van der Waals surface area contributed by atoms with E-state index < -0.39 is 0 Å². The SMILES string of the molecule is CCN(CC(C)C)c1ccc(CNC)cc1C. The van der Waals surface area contributed by atoms with E-state index in [2.05, 4.69) is 56.1 Å². The molecule has 0 aromatic heterocycles. The van der Waals surface area contributed by atoms with Crippen LogP contribution < -0.4 is 10.2 Å². The van der Waals surface area contributed by atoms with Crippen LogP contribution in [-0.2, 0) is 6.54 Å². The zero-order valence-electron chi connectivity index (χ0n) is 11.9. The van der Waals surface area contributed by atoms with E-state index in [4.69, 9.17) is 0 Å². The molecule has 96 valence electrons. The molecule has 0 aliphatic heterocycles. The first-order valence-electron chi connectivity index (χ1n) is 6.57. The van der Waals surface area contributed by atoms with Gasteiger partial charge in [0.2, 0.25) is 0 Å². The maximum Gasteiger partial charge on any atom is 0.0396 e. The van der Waals surface area contributed by atoms with E-state index in [1.807, 2.05) is 7.05 Å². The summed E-state index contributed by atoms with van der Waals surface area (Å²) in [5.41, 5.74) is 4.11. The molecule has 0 bridgehead atoms. The van der Waals surface area contributed by atoms with Crippen molar-refractivity contribution in [2.45, 2.75) is 34.2 Å². The van der Waals surface area contributed by atoms with E-state index in [1.54, 1.807) is 0 Å². The fraction of sp³-hybridized carbons (Fsp3) is 0.600. The van der Waals surface area contributed by atoms with Crippen LogP contribution in [-0.4, -0.2) is 20.1 Å². The van der Waals surface area contributed by atoms with Gasteiger partial charge in [0.1, 0.15) is 0 Å². The van der Waals surface area contributed by atoms with Gasteiger partial charge < -0.3 is 10.2 Å². The second-order valence-electron chi connectivity index (χ2n) is 5.08. The number of benzene rings is 1. The quantitative estimate of drug-likeness (QED) is 0.813. The van der Waals surface area contributed by atoms with Crippen LogP contribution >= 0.6 is 0 Å². The molecule has 0 unspecified atom stereocenters.